The van der Waals surface area contributed by atoms with Crippen LogP contribution in [0.25, 0.3) is 21.8 Å². The lowest BCUT2D eigenvalue weighted by molar-refractivity contribution is 0.866. The first-order chi connectivity index (χ1) is 9.49. The Morgan fingerprint density at radius 2 is 1.15 bits per heavy atom. The topological polar surface area (TPSA) is 30.9 Å². The van der Waals surface area contributed by atoms with E-state index in [0.29, 0.717) is 11.8 Å². The van der Waals surface area contributed by atoms with E-state index in [9.17, 15) is 0 Å². The number of fused-ring (bicyclic) bond motifs is 3. The average molecular weight is 266 g/mol. The molecule has 0 spiro atoms. The molecule has 0 atom stereocenters. The molecule has 2 N–H and O–H groups in total. The molecule has 0 aliphatic heterocycles. The van der Waals surface area contributed by atoms with Crippen molar-refractivity contribution < 1.29 is 0 Å². The molecule has 2 heteroatoms. The second kappa shape index (κ2) is 4.55. The highest BCUT2D eigenvalue weighted by molar-refractivity contribution is 6.08. The van der Waals surface area contributed by atoms with Crippen molar-refractivity contribution in [3.63, 3.8) is 0 Å². The van der Waals surface area contributed by atoms with Gasteiger partial charge >= 0.3 is 0 Å². The normalized spacial score (nSPS) is 12.1. The molecule has 0 saturated heterocycles. The summed E-state index contributed by atoms with van der Waals surface area (Å²) in [5.41, 5.74) is 4.89. The number of hydrogen-bond donors (Lipinski definition) is 1. The molecule has 20 heavy (non-hydrogen) atoms. The fraction of sp³-hybridized carbons (Fsp3) is 0.333. The minimum absolute atomic E-state index is 0.517. The highest BCUT2D eigenvalue weighted by Crippen LogP contribution is 2.31. The standard InChI is InChI=1S/C18H22N2/c1-11(2)13-5-7-15-16-8-6-14(12(3)4)10-18(16)20(19)17(15)9-13/h5-12H,19H2,1-4H3. The number of aromatic nitrogens is 1. The fourth-order valence-corrected chi connectivity index (χ4v) is 2.80. The van der Waals surface area contributed by atoms with Crippen LogP contribution in [0.5, 0.6) is 0 Å². The van der Waals surface area contributed by atoms with Gasteiger partial charge in [0, 0.05) is 10.8 Å². The number of nitrogens with zero attached hydrogens (tertiary/aromatic N) is 1. The van der Waals surface area contributed by atoms with Crippen molar-refractivity contribution in [3.8, 4) is 0 Å². The van der Waals surface area contributed by atoms with Crippen LogP contribution in [-0.4, -0.2) is 4.68 Å². The van der Waals surface area contributed by atoms with Crippen LogP contribution in [0.3, 0.4) is 0 Å². The van der Waals surface area contributed by atoms with Crippen molar-refractivity contribution in [2.24, 2.45) is 0 Å². The molecule has 2 nitrogen and oxygen atoms in total. The molecule has 0 fully saturated rings. The Morgan fingerprint density at radius 1 is 0.750 bits per heavy atom. The highest BCUT2D eigenvalue weighted by atomic mass is 15.3. The van der Waals surface area contributed by atoms with Crippen molar-refractivity contribution in [1.29, 1.82) is 0 Å². The lowest BCUT2D eigenvalue weighted by Gasteiger charge is -2.06. The van der Waals surface area contributed by atoms with E-state index in [1.165, 1.54) is 21.9 Å². The summed E-state index contributed by atoms with van der Waals surface area (Å²) in [4.78, 5) is 0. The Balaban J connectivity index is 2.34. The Hall–Kier alpha value is -1.96. The first-order valence-electron chi connectivity index (χ1n) is 7.32. The first-order valence-corrected chi connectivity index (χ1v) is 7.32. The van der Waals surface area contributed by atoms with E-state index in [1.54, 1.807) is 0 Å². The van der Waals surface area contributed by atoms with E-state index in [0.717, 1.165) is 11.0 Å². The molecule has 0 amide bonds. The lowest BCUT2D eigenvalue weighted by atomic mass is 10.00. The Morgan fingerprint density at radius 3 is 1.50 bits per heavy atom. The predicted octanol–water partition coefficient (Wildman–Crippen LogP) is 4.76. The molecule has 0 aliphatic rings. The molecular formula is C18H22N2. The maximum Gasteiger partial charge on any atom is 0.0706 e. The molecule has 0 unspecified atom stereocenters. The number of rotatable bonds is 2. The van der Waals surface area contributed by atoms with E-state index in [-0.39, 0.29) is 0 Å². The molecule has 3 aromatic rings. The Labute approximate surface area is 120 Å². The van der Waals surface area contributed by atoms with Gasteiger partial charge in [0.1, 0.15) is 0 Å². The van der Waals surface area contributed by atoms with Crippen molar-refractivity contribution in [3.05, 3.63) is 47.5 Å². The molecule has 1 aromatic heterocycles. The smallest absolute Gasteiger partial charge is 0.0706 e. The molecule has 1 heterocycles. The largest absolute Gasteiger partial charge is 0.339 e. The monoisotopic (exact) mass is 266 g/mol. The van der Waals surface area contributed by atoms with Crippen molar-refractivity contribution >= 4 is 21.8 Å². The van der Waals surface area contributed by atoms with E-state index in [4.69, 9.17) is 5.84 Å². The van der Waals surface area contributed by atoms with Crippen LogP contribution in [0.1, 0.15) is 50.7 Å². The van der Waals surface area contributed by atoms with Gasteiger partial charge in [-0.3, -0.25) is 4.68 Å². The summed E-state index contributed by atoms with van der Waals surface area (Å²) in [6, 6.07) is 13.3. The molecule has 0 aliphatic carbocycles. The van der Waals surface area contributed by atoms with Crippen LogP contribution in [0.2, 0.25) is 0 Å². The van der Waals surface area contributed by atoms with E-state index >= 15 is 0 Å². The van der Waals surface area contributed by atoms with E-state index in [1.807, 2.05) is 4.68 Å². The van der Waals surface area contributed by atoms with E-state index in [2.05, 4.69) is 64.1 Å². The van der Waals surface area contributed by atoms with Crippen LogP contribution in [0.4, 0.5) is 0 Å². The van der Waals surface area contributed by atoms with Gasteiger partial charge < -0.3 is 5.84 Å². The van der Waals surface area contributed by atoms with Gasteiger partial charge in [0.05, 0.1) is 11.0 Å². The predicted molar refractivity (Wildman–Crippen MR) is 87.8 cm³/mol. The van der Waals surface area contributed by atoms with Gasteiger partial charge in [-0.1, -0.05) is 52.0 Å². The zero-order valence-corrected chi connectivity index (χ0v) is 12.6. The van der Waals surface area contributed by atoms with Crippen LogP contribution >= 0.6 is 0 Å². The second-order valence-corrected chi connectivity index (χ2v) is 6.23. The minimum Gasteiger partial charge on any atom is -0.339 e. The molecule has 3 rings (SSSR count). The zero-order chi connectivity index (χ0) is 14.4. The van der Waals surface area contributed by atoms with Crippen molar-refractivity contribution in [2.75, 3.05) is 5.84 Å². The fourth-order valence-electron chi connectivity index (χ4n) is 2.80. The molecule has 0 saturated carbocycles. The summed E-state index contributed by atoms with van der Waals surface area (Å²) >= 11 is 0. The summed E-state index contributed by atoms with van der Waals surface area (Å²) in [6.45, 7) is 8.84. The summed E-state index contributed by atoms with van der Waals surface area (Å²) in [5.74, 6) is 7.36. The summed E-state index contributed by atoms with van der Waals surface area (Å²) in [6.07, 6.45) is 0. The van der Waals surface area contributed by atoms with Crippen LogP contribution < -0.4 is 5.84 Å². The summed E-state index contributed by atoms with van der Waals surface area (Å²) < 4.78 is 1.84. The van der Waals surface area contributed by atoms with Crippen LogP contribution in [-0.2, 0) is 0 Å². The second-order valence-electron chi connectivity index (χ2n) is 6.23. The molecule has 0 radical (unpaired) electrons. The van der Waals surface area contributed by atoms with Gasteiger partial charge in [0.25, 0.3) is 0 Å². The third-order valence-corrected chi connectivity index (χ3v) is 4.19. The molecule has 2 aromatic carbocycles. The van der Waals surface area contributed by atoms with E-state index < -0.39 is 0 Å². The maximum atomic E-state index is 6.33. The quantitative estimate of drug-likeness (QED) is 0.666. The lowest BCUT2D eigenvalue weighted by Crippen LogP contribution is -2.07. The number of benzene rings is 2. The number of hydrogen-bond acceptors (Lipinski definition) is 1. The molecule has 0 bridgehead atoms. The van der Waals surface area contributed by atoms with Crippen molar-refractivity contribution in [1.82, 2.24) is 4.68 Å². The summed E-state index contributed by atoms with van der Waals surface area (Å²) in [7, 11) is 0. The van der Waals surface area contributed by atoms with Gasteiger partial charge in [0.2, 0.25) is 0 Å². The third-order valence-electron chi connectivity index (χ3n) is 4.19. The summed E-state index contributed by atoms with van der Waals surface area (Å²) in [5, 5.41) is 2.48. The number of nitrogen functional groups attached to an aromatic ring is 1. The first kappa shape index (κ1) is 13.0. The maximum absolute atomic E-state index is 6.33. The Bertz CT molecular complexity index is 714. The molecule has 104 valence electrons. The molecular weight excluding hydrogens is 244 g/mol. The van der Waals surface area contributed by atoms with Crippen LogP contribution in [0, 0.1) is 0 Å². The minimum atomic E-state index is 0.517. The number of nitrogens with two attached hydrogens (primary N) is 1. The van der Waals surface area contributed by atoms with Gasteiger partial charge in [-0.2, -0.15) is 0 Å². The Kier molecular flexibility index (Phi) is 2.97. The zero-order valence-electron chi connectivity index (χ0n) is 12.6. The van der Waals surface area contributed by atoms with Gasteiger partial charge in [-0.15, -0.1) is 0 Å². The van der Waals surface area contributed by atoms with Gasteiger partial charge in [-0.25, -0.2) is 0 Å². The van der Waals surface area contributed by atoms with Crippen LogP contribution in [0.15, 0.2) is 36.4 Å². The van der Waals surface area contributed by atoms with Gasteiger partial charge in [-0.05, 0) is 35.1 Å². The van der Waals surface area contributed by atoms with Crippen molar-refractivity contribution in [2.45, 2.75) is 39.5 Å². The highest BCUT2D eigenvalue weighted by Gasteiger charge is 2.12. The average Bonchev–Trinajstić information content (AvgIpc) is 2.71. The van der Waals surface area contributed by atoms with Gasteiger partial charge in [0.15, 0.2) is 0 Å². The third kappa shape index (κ3) is 1.87. The SMILES string of the molecule is CC(C)c1ccc2c3ccc(C(C)C)cc3n(N)c2c1.